The monoisotopic (exact) mass is 305 g/mol. The van der Waals surface area contributed by atoms with Crippen LogP contribution >= 0.6 is 0 Å². The molecule has 0 atom stereocenters. The van der Waals surface area contributed by atoms with Gasteiger partial charge in [0.15, 0.2) is 0 Å². The zero-order valence-corrected chi connectivity index (χ0v) is 13.2. The Morgan fingerprint density at radius 3 is 2.33 bits per heavy atom. The van der Waals surface area contributed by atoms with Gasteiger partial charge in [-0.15, -0.1) is 0 Å². The molecule has 5 nitrogen and oxygen atoms in total. The fraction of sp³-hybridized carbons (Fsp3) is 0.267. The maximum Gasteiger partial charge on any atom is 0.263 e. The Morgan fingerprint density at radius 1 is 1.10 bits per heavy atom. The van der Waals surface area contributed by atoms with Gasteiger partial charge < -0.3 is 5.32 Å². The molecular formula is C15H19N3O2S. The summed E-state index contributed by atoms with van der Waals surface area (Å²) in [6, 6.07) is 10.4. The maximum atomic E-state index is 12.3. The Morgan fingerprint density at radius 2 is 1.76 bits per heavy atom. The number of aryl methyl sites for hydroxylation is 2. The lowest BCUT2D eigenvalue weighted by Gasteiger charge is -2.09. The lowest BCUT2D eigenvalue weighted by atomic mass is 10.2. The van der Waals surface area contributed by atoms with Crippen LogP contribution in [0.3, 0.4) is 0 Å². The van der Waals surface area contributed by atoms with Gasteiger partial charge in [-0.1, -0.05) is 12.1 Å². The van der Waals surface area contributed by atoms with E-state index in [2.05, 4.69) is 15.0 Å². The quantitative estimate of drug-likeness (QED) is 0.888. The van der Waals surface area contributed by atoms with Crippen LogP contribution in [0.15, 0.2) is 41.3 Å². The molecule has 1 heterocycles. The minimum Gasteiger partial charge on any atom is -0.316 e. The van der Waals surface area contributed by atoms with Gasteiger partial charge in [0.25, 0.3) is 10.0 Å². The average molecular weight is 305 g/mol. The standard InChI is InChI=1S/C15H19N3O2S/c1-11-8-12(2)17-15(9-11)18-21(19,20)14-6-4-13(5-7-14)10-16-3/h4-9,16H,10H2,1-3H3,(H,17,18). The molecule has 0 radical (unpaired) electrons. The Hall–Kier alpha value is -1.92. The molecule has 21 heavy (non-hydrogen) atoms. The highest BCUT2D eigenvalue weighted by Gasteiger charge is 2.15. The number of benzene rings is 1. The van der Waals surface area contributed by atoms with Crippen molar-refractivity contribution in [2.45, 2.75) is 25.3 Å². The first-order chi connectivity index (χ1) is 9.90. The molecule has 1 aromatic carbocycles. The van der Waals surface area contributed by atoms with E-state index in [1.165, 1.54) is 0 Å². The van der Waals surface area contributed by atoms with E-state index >= 15 is 0 Å². The highest BCUT2D eigenvalue weighted by molar-refractivity contribution is 7.92. The van der Waals surface area contributed by atoms with Crippen LogP contribution in [-0.4, -0.2) is 20.4 Å². The van der Waals surface area contributed by atoms with Crippen LogP contribution in [-0.2, 0) is 16.6 Å². The van der Waals surface area contributed by atoms with Crippen molar-refractivity contribution >= 4 is 15.8 Å². The van der Waals surface area contributed by atoms with Gasteiger partial charge in [0, 0.05) is 12.2 Å². The van der Waals surface area contributed by atoms with Gasteiger partial charge in [-0.3, -0.25) is 4.72 Å². The second-order valence-electron chi connectivity index (χ2n) is 4.95. The largest absolute Gasteiger partial charge is 0.316 e. The second kappa shape index (κ2) is 6.24. The number of nitrogens with one attached hydrogen (secondary N) is 2. The van der Waals surface area contributed by atoms with Crippen molar-refractivity contribution in [3.63, 3.8) is 0 Å². The summed E-state index contributed by atoms with van der Waals surface area (Å²) in [5, 5.41) is 3.02. The predicted octanol–water partition coefficient (Wildman–Crippen LogP) is 2.22. The van der Waals surface area contributed by atoms with Gasteiger partial charge in [-0.2, -0.15) is 0 Å². The van der Waals surface area contributed by atoms with Crippen LogP contribution in [0.2, 0.25) is 0 Å². The number of hydrogen-bond donors (Lipinski definition) is 2. The summed E-state index contributed by atoms with van der Waals surface area (Å²) in [5.74, 6) is 0.340. The molecule has 2 rings (SSSR count). The van der Waals surface area contributed by atoms with E-state index in [-0.39, 0.29) is 4.90 Å². The molecule has 0 saturated carbocycles. The number of pyridine rings is 1. The minimum absolute atomic E-state index is 0.225. The molecule has 0 aliphatic rings. The van der Waals surface area contributed by atoms with Crippen molar-refractivity contribution < 1.29 is 8.42 Å². The van der Waals surface area contributed by atoms with Crippen molar-refractivity contribution in [1.29, 1.82) is 0 Å². The molecule has 0 amide bonds. The topological polar surface area (TPSA) is 71.1 Å². The van der Waals surface area contributed by atoms with Gasteiger partial charge in [-0.25, -0.2) is 13.4 Å². The fourth-order valence-electron chi connectivity index (χ4n) is 2.08. The summed E-state index contributed by atoms with van der Waals surface area (Å²) in [6.07, 6.45) is 0. The van der Waals surface area contributed by atoms with E-state index in [1.54, 1.807) is 30.3 Å². The Balaban J connectivity index is 2.25. The van der Waals surface area contributed by atoms with Gasteiger partial charge >= 0.3 is 0 Å². The van der Waals surface area contributed by atoms with Crippen molar-refractivity contribution in [2.75, 3.05) is 11.8 Å². The summed E-state index contributed by atoms with van der Waals surface area (Å²) in [5.41, 5.74) is 2.77. The van der Waals surface area contributed by atoms with Crippen molar-refractivity contribution in [1.82, 2.24) is 10.3 Å². The molecule has 0 spiro atoms. The molecule has 0 aliphatic heterocycles. The molecule has 6 heteroatoms. The molecule has 2 N–H and O–H groups in total. The van der Waals surface area contributed by atoms with Gasteiger partial charge in [0.05, 0.1) is 4.90 Å². The third-order valence-corrected chi connectivity index (χ3v) is 4.32. The van der Waals surface area contributed by atoms with E-state index in [9.17, 15) is 8.42 Å². The van der Waals surface area contributed by atoms with Gasteiger partial charge in [0.1, 0.15) is 5.82 Å². The second-order valence-corrected chi connectivity index (χ2v) is 6.63. The van der Waals surface area contributed by atoms with Crippen LogP contribution in [0.4, 0.5) is 5.82 Å². The maximum absolute atomic E-state index is 12.3. The molecule has 0 bridgehead atoms. The average Bonchev–Trinajstić information content (AvgIpc) is 2.38. The smallest absolute Gasteiger partial charge is 0.263 e. The number of rotatable bonds is 5. The lowest BCUT2D eigenvalue weighted by molar-refractivity contribution is 0.601. The first-order valence-corrected chi connectivity index (χ1v) is 8.11. The van der Waals surface area contributed by atoms with Crippen LogP contribution in [0.1, 0.15) is 16.8 Å². The van der Waals surface area contributed by atoms with Gasteiger partial charge in [0.2, 0.25) is 0 Å². The van der Waals surface area contributed by atoms with E-state index < -0.39 is 10.0 Å². The molecule has 0 aliphatic carbocycles. The summed E-state index contributed by atoms with van der Waals surface area (Å²) in [6.45, 7) is 4.43. The SMILES string of the molecule is CNCc1ccc(S(=O)(=O)Nc2cc(C)cc(C)n2)cc1. The van der Waals surface area contributed by atoms with E-state index in [0.29, 0.717) is 12.4 Å². The summed E-state index contributed by atoms with van der Waals surface area (Å²) < 4.78 is 27.2. The van der Waals surface area contributed by atoms with Gasteiger partial charge in [-0.05, 0) is 56.3 Å². The number of nitrogens with zero attached hydrogens (tertiary/aromatic N) is 1. The van der Waals surface area contributed by atoms with E-state index in [1.807, 2.05) is 27.0 Å². The first kappa shape index (κ1) is 15.5. The summed E-state index contributed by atoms with van der Waals surface area (Å²) >= 11 is 0. The highest BCUT2D eigenvalue weighted by atomic mass is 32.2. The van der Waals surface area contributed by atoms with Crippen LogP contribution in [0.25, 0.3) is 0 Å². The molecular weight excluding hydrogens is 286 g/mol. The zero-order valence-electron chi connectivity index (χ0n) is 12.3. The molecule has 112 valence electrons. The summed E-state index contributed by atoms with van der Waals surface area (Å²) in [4.78, 5) is 4.42. The van der Waals surface area contributed by atoms with Crippen molar-refractivity contribution in [2.24, 2.45) is 0 Å². The number of aromatic nitrogens is 1. The van der Waals surface area contributed by atoms with Crippen molar-refractivity contribution in [3.8, 4) is 0 Å². The molecule has 2 aromatic rings. The fourth-order valence-corrected chi connectivity index (χ4v) is 3.07. The Labute approximate surface area is 125 Å². The molecule has 0 unspecified atom stereocenters. The van der Waals surface area contributed by atoms with E-state index in [0.717, 1.165) is 16.8 Å². The Kier molecular flexibility index (Phi) is 4.59. The highest BCUT2D eigenvalue weighted by Crippen LogP contribution is 2.16. The zero-order chi connectivity index (χ0) is 15.5. The van der Waals surface area contributed by atoms with Crippen molar-refractivity contribution in [3.05, 3.63) is 53.2 Å². The molecule has 1 aromatic heterocycles. The minimum atomic E-state index is -3.61. The normalized spacial score (nSPS) is 11.4. The first-order valence-electron chi connectivity index (χ1n) is 6.62. The number of hydrogen-bond acceptors (Lipinski definition) is 4. The Bertz CT molecular complexity index is 705. The summed E-state index contributed by atoms with van der Waals surface area (Å²) in [7, 11) is -1.77. The third-order valence-electron chi connectivity index (χ3n) is 2.95. The lowest BCUT2D eigenvalue weighted by Crippen LogP contribution is -2.14. The number of sulfonamides is 1. The number of anilines is 1. The van der Waals surface area contributed by atoms with Crippen LogP contribution in [0.5, 0.6) is 0 Å². The van der Waals surface area contributed by atoms with E-state index in [4.69, 9.17) is 0 Å². The van der Waals surface area contributed by atoms with Crippen LogP contribution in [0, 0.1) is 13.8 Å². The molecule has 0 fully saturated rings. The molecule has 0 saturated heterocycles. The van der Waals surface area contributed by atoms with Crippen LogP contribution < -0.4 is 10.0 Å². The third kappa shape index (κ3) is 4.03. The predicted molar refractivity (Wildman–Crippen MR) is 83.7 cm³/mol.